The van der Waals surface area contributed by atoms with E-state index in [1.165, 1.54) is 9.13 Å². The number of nitrogens with zero attached hydrogens (tertiary/aromatic N) is 4. The van der Waals surface area contributed by atoms with Gasteiger partial charge in [-0.05, 0) is 90.8 Å². The maximum Gasteiger partial charge on any atom is 0.0652 e. The third kappa shape index (κ3) is 3.60. The van der Waals surface area contributed by atoms with Crippen molar-refractivity contribution in [2.24, 2.45) is 0 Å². The summed E-state index contributed by atoms with van der Waals surface area (Å²) in [6.45, 7) is 0. The summed E-state index contributed by atoms with van der Waals surface area (Å²) in [5, 5.41) is -0.383. The molecule has 4 heterocycles. The van der Waals surface area contributed by atoms with Crippen molar-refractivity contribution in [2.45, 2.75) is 0 Å². The number of hydrogen-bond acceptors (Lipinski definition) is 0. The van der Waals surface area contributed by atoms with E-state index >= 15 is 0 Å². The second-order valence-electron chi connectivity index (χ2n) is 12.3. The maximum atomic E-state index is 9.94. The molecule has 0 spiro atoms. The summed E-state index contributed by atoms with van der Waals surface area (Å²) in [7, 11) is 0. The van der Waals surface area contributed by atoms with Gasteiger partial charge in [0.05, 0.1) is 71.5 Å². The van der Waals surface area contributed by atoms with Gasteiger partial charge in [0, 0.05) is 55.1 Å². The molecule has 52 heavy (non-hydrogen) atoms. The third-order valence-corrected chi connectivity index (χ3v) is 9.65. The van der Waals surface area contributed by atoms with Gasteiger partial charge < -0.3 is 18.3 Å². The van der Waals surface area contributed by atoms with E-state index in [9.17, 15) is 8.22 Å². The van der Waals surface area contributed by atoms with Crippen molar-refractivity contribution < 1.29 is 27.4 Å². The number of fused-ring (bicyclic) bond motifs is 6. The van der Waals surface area contributed by atoms with Crippen molar-refractivity contribution in [1.82, 2.24) is 18.3 Å². The summed E-state index contributed by atoms with van der Waals surface area (Å²) in [6.07, 6.45) is 0. The van der Waals surface area contributed by atoms with E-state index in [0.29, 0.717) is 16.5 Å². The van der Waals surface area contributed by atoms with Crippen LogP contribution in [0.3, 0.4) is 0 Å². The first-order chi connectivity index (χ1) is 34.1. The topological polar surface area (TPSA) is 19.7 Å². The molecule has 242 valence electrons. The Labute approximate surface area is 326 Å². The van der Waals surface area contributed by atoms with Crippen molar-refractivity contribution in [3.8, 4) is 22.7 Å². The summed E-state index contributed by atoms with van der Waals surface area (Å²) in [4.78, 5) is 0. The molecule has 4 nitrogen and oxygen atoms in total. The summed E-state index contributed by atoms with van der Waals surface area (Å²) in [5.74, 6) is 0. The molecule has 4 aromatic heterocycles. The minimum atomic E-state index is -0.709. The van der Waals surface area contributed by atoms with Gasteiger partial charge >= 0.3 is 0 Å². The largest absolute Gasteiger partial charge is 0.309 e. The molecule has 0 saturated carbocycles. The summed E-state index contributed by atoms with van der Waals surface area (Å²) >= 11 is 0. The summed E-state index contributed by atoms with van der Waals surface area (Å²) < 4.78 is 186. The van der Waals surface area contributed by atoms with Gasteiger partial charge in [-0.2, -0.15) is 0 Å². The highest BCUT2D eigenvalue weighted by Gasteiger charge is 2.23. The Bertz CT molecular complexity index is 4350. The van der Waals surface area contributed by atoms with E-state index in [2.05, 4.69) is 0 Å². The fourth-order valence-electron chi connectivity index (χ4n) is 7.60. The van der Waals surface area contributed by atoms with Crippen LogP contribution in [0.2, 0.25) is 0 Å². The van der Waals surface area contributed by atoms with Crippen LogP contribution in [0.15, 0.2) is 182 Å². The quantitative estimate of drug-likeness (QED) is 0.176. The Kier molecular flexibility index (Phi) is 2.97. The van der Waals surface area contributed by atoms with Crippen LogP contribution in [0.25, 0.3) is 99.2 Å². The zero-order chi connectivity index (χ0) is 51.3. The van der Waals surface area contributed by atoms with Crippen molar-refractivity contribution in [3.05, 3.63) is 182 Å². The molecule has 8 aromatic carbocycles. The van der Waals surface area contributed by atoms with E-state index in [1.54, 1.807) is 59.2 Å². The highest BCUT2D eigenvalue weighted by atomic mass is 15.0. The number of benzene rings is 8. The lowest BCUT2D eigenvalue weighted by atomic mass is 10.1. The van der Waals surface area contributed by atoms with Gasteiger partial charge in [0.2, 0.25) is 0 Å². The molecule has 0 amide bonds. The van der Waals surface area contributed by atoms with Gasteiger partial charge in [0.1, 0.15) is 0 Å². The van der Waals surface area contributed by atoms with Crippen molar-refractivity contribution in [1.29, 1.82) is 0 Å². The molecular formula is C48H30N4. The molecule has 0 N–H and O–H groups in total. The molecule has 12 aromatic rings. The Morgan fingerprint density at radius 1 is 0.308 bits per heavy atom. The predicted octanol–water partition coefficient (Wildman–Crippen LogP) is 12.4. The predicted molar refractivity (Wildman–Crippen MR) is 217 cm³/mol. The fourth-order valence-corrected chi connectivity index (χ4v) is 7.60. The van der Waals surface area contributed by atoms with Crippen LogP contribution in [0.5, 0.6) is 0 Å². The van der Waals surface area contributed by atoms with Crippen LogP contribution < -0.4 is 0 Å². The Morgan fingerprint density at radius 2 is 0.712 bits per heavy atom. The highest BCUT2D eigenvalue weighted by molar-refractivity contribution is 6.25. The van der Waals surface area contributed by atoms with E-state index in [0.717, 1.165) is 10.6 Å². The monoisotopic (exact) mass is 682 g/mol. The molecule has 4 heteroatoms. The van der Waals surface area contributed by atoms with Crippen LogP contribution in [-0.2, 0) is 0 Å². The van der Waals surface area contributed by atoms with Crippen molar-refractivity contribution in [3.63, 3.8) is 0 Å². The van der Waals surface area contributed by atoms with E-state index < -0.39 is 96.7 Å². The molecule has 12 rings (SSSR count). The first kappa shape index (κ1) is 15.1. The Balaban J connectivity index is 1.22. The average molecular weight is 683 g/mol. The number of hydrogen-bond donors (Lipinski definition) is 0. The van der Waals surface area contributed by atoms with E-state index in [-0.39, 0.29) is 107 Å². The first-order valence-corrected chi connectivity index (χ1v) is 16.2. The lowest BCUT2D eigenvalue weighted by Gasteiger charge is -2.14. The SMILES string of the molecule is [2H]c1c([2H])c([2H])c2c(c1[2H])c1c([2H])c(-n3c4c([2H])c([2H])c([2H])c([2H])c4c4c([2H])c([2H])c([2H])c([2H])c43)cc([2H])c1n2-c1cccc(-n2c3c([2H])c([2H])c([2H])c4c3c3c(c([2H])c([2H])c([2H])c32)n4-c2ccccc2)c1. The molecule has 0 fully saturated rings. The number of aromatic nitrogens is 4. The number of rotatable bonds is 4. The first-order valence-electron chi connectivity index (χ1n) is 26.2. The van der Waals surface area contributed by atoms with Crippen molar-refractivity contribution >= 4 is 76.5 Å². The molecule has 0 saturated heterocycles. The maximum absolute atomic E-state index is 9.94. The van der Waals surface area contributed by atoms with E-state index in [4.69, 9.17) is 19.2 Å². The van der Waals surface area contributed by atoms with E-state index in [1.807, 2.05) is 0 Å². The standard InChI is InChI=1S/C48H30N4/c1-2-13-31(14-3-1)49-43-23-11-25-45-47(43)48-44(49)24-12-26-46(48)52(45)33-16-10-15-32(29-33)50-41-22-9-6-19-37(41)38-30-34(27-28-42(38)50)51-39-20-7-4-17-35(39)36-18-5-8-21-40(36)51/h1-30H/i4D,5D,6D,7D,8D,9D,11D,12D,17D,18D,19D,20D,21D,22D,23D,24D,25D,26D,28D,30D. The molecular weight excluding hydrogens is 633 g/mol. The van der Waals surface area contributed by atoms with Gasteiger partial charge in [0.25, 0.3) is 0 Å². The average Bonchev–Trinajstić information content (AvgIpc) is 4.13. The smallest absolute Gasteiger partial charge is 0.0652 e. The van der Waals surface area contributed by atoms with Gasteiger partial charge in [-0.3, -0.25) is 0 Å². The third-order valence-electron chi connectivity index (χ3n) is 9.65. The molecule has 0 aliphatic rings. The molecule has 0 aliphatic heterocycles. The second-order valence-corrected chi connectivity index (χ2v) is 12.3. The van der Waals surface area contributed by atoms with Crippen LogP contribution in [-0.4, -0.2) is 18.3 Å². The Hall–Kier alpha value is -7.04. The second kappa shape index (κ2) is 10.3. The minimum absolute atomic E-state index is 0.0851. The summed E-state index contributed by atoms with van der Waals surface area (Å²) in [6, 6.07) is 5.15. The van der Waals surface area contributed by atoms with Crippen LogP contribution >= 0.6 is 0 Å². The molecule has 0 radical (unpaired) electrons. The van der Waals surface area contributed by atoms with Crippen molar-refractivity contribution in [2.75, 3.05) is 0 Å². The van der Waals surface area contributed by atoms with Gasteiger partial charge in [0.15, 0.2) is 0 Å². The molecule has 0 unspecified atom stereocenters. The van der Waals surface area contributed by atoms with Gasteiger partial charge in [-0.25, -0.2) is 0 Å². The lowest BCUT2D eigenvalue weighted by molar-refractivity contribution is 1.13. The van der Waals surface area contributed by atoms with Gasteiger partial charge in [-0.15, -0.1) is 0 Å². The molecule has 0 bridgehead atoms. The fraction of sp³-hybridized carbons (Fsp3) is 0. The normalized spacial score (nSPS) is 17.6. The Morgan fingerprint density at radius 3 is 1.27 bits per heavy atom. The zero-order valence-corrected chi connectivity index (χ0v) is 26.6. The highest BCUT2D eigenvalue weighted by Crippen LogP contribution is 2.43. The van der Waals surface area contributed by atoms with Crippen LogP contribution in [0.4, 0.5) is 0 Å². The minimum Gasteiger partial charge on any atom is -0.309 e. The lowest BCUT2D eigenvalue weighted by Crippen LogP contribution is -2.00. The number of para-hydroxylation sites is 4. The molecule has 0 atom stereocenters. The zero-order valence-electron chi connectivity index (χ0n) is 46.6. The summed E-state index contributed by atoms with van der Waals surface area (Å²) in [5.41, 5.74) is 0.138. The van der Waals surface area contributed by atoms with Gasteiger partial charge in [-0.1, -0.05) is 90.7 Å². The van der Waals surface area contributed by atoms with Crippen LogP contribution in [0.1, 0.15) is 27.4 Å². The molecule has 0 aliphatic carbocycles. The van der Waals surface area contributed by atoms with Crippen LogP contribution in [0, 0.1) is 0 Å².